The fourth-order valence-electron chi connectivity index (χ4n) is 3.16. The van der Waals surface area contributed by atoms with Crippen LogP contribution in [0.4, 0.5) is 5.69 Å². The number of hydrogen-bond donors (Lipinski definition) is 2. The van der Waals surface area contributed by atoms with E-state index in [1.165, 1.54) is 0 Å². The van der Waals surface area contributed by atoms with Gasteiger partial charge in [-0.25, -0.2) is 0 Å². The summed E-state index contributed by atoms with van der Waals surface area (Å²) in [7, 11) is 0. The smallest absolute Gasteiger partial charge is 0.313 e. The molecule has 136 valence electrons. The maximum atomic E-state index is 12.5. The molecule has 4 rings (SSSR count). The Kier molecular flexibility index (Phi) is 4.77. The highest BCUT2D eigenvalue weighted by Crippen LogP contribution is 2.41. The number of carbonyl (C=O) groups is 2. The van der Waals surface area contributed by atoms with E-state index in [4.69, 9.17) is 11.6 Å². The van der Waals surface area contributed by atoms with Crippen molar-refractivity contribution in [2.24, 2.45) is 5.92 Å². The highest BCUT2D eigenvalue weighted by Gasteiger charge is 2.34. The number of nitrogens with one attached hydrogen (secondary N) is 2. The van der Waals surface area contributed by atoms with Gasteiger partial charge in [-0.2, -0.15) is 0 Å². The standard InChI is InChI=1S/C21H18ClN3O2/c22-16-10-8-15(9-11-16)18(14-6-7-14)25-21(27)20(26)24-17-5-1-3-13-4-2-12-23-19(13)17/h1-5,8-12,14,18H,6-7H2,(H,24,26)(H,25,27)/t18-/m1/s1. The zero-order chi connectivity index (χ0) is 18.8. The van der Waals surface area contributed by atoms with Gasteiger partial charge in [0.15, 0.2) is 0 Å². The number of pyridine rings is 1. The zero-order valence-corrected chi connectivity index (χ0v) is 15.2. The van der Waals surface area contributed by atoms with Crippen LogP contribution in [0, 0.1) is 5.92 Å². The van der Waals surface area contributed by atoms with Gasteiger partial charge in [0.2, 0.25) is 0 Å². The van der Waals surface area contributed by atoms with Gasteiger partial charge in [-0.05, 0) is 48.6 Å². The number of para-hydroxylation sites is 1. The van der Waals surface area contributed by atoms with Crippen molar-refractivity contribution in [1.29, 1.82) is 0 Å². The number of hydrogen-bond acceptors (Lipinski definition) is 3. The normalized spacial score (nSPS) is 14.6. The number of amides is 2. The highest BCUT2D eigenvalue weighted by atomic mass is 35.5. The molecule has 0 saturated heterocycles. The van der Waals surface area contributed by atoms with Crippen LogP contribution in [0.5, 0.6) is 0 Å². The van der Waals surface area contributed by atoms with E-state index < -0.39 is 11.8 Å². The predicted octanol–water partition coefficient (Wildman–Crippen LogP) is 4.09. The summed E-state index contributed by atoms with van der Waals surface area (Å²) in [4.78, 5) is 29.2. The molecule has 1 aliphatic carbocycles. The molecule has 2 N–H and O–H groups in total. The molecular weight excluding hydrogens is 362 g/mol. The molecular formula is C21H18ClN3O2. The van der Waals surface area contributed by atoms with Crippen LogP contribution in [-0.2, 0) is 9.59 Å². The molecule has 1 fully saturated rings. The molecule has 0 radical (unpaired) electrons. The molecule has 5 nitrogen and oxygen atoms in total. The quantitative estimate of drug-likeness (QED) is 0.670. The van der Waals surface area contributed by atoms with Gasteiger partial charge in [0.25, 0.3) is 0 Å². The Bertz CT molecular complexity index is 994. The van der Waals surface area contributed by atoms with Crippen molar-refractivity contribution in [3.8, 4) is 0 Å². The Morgan fingerprint density at radius 1 is 1.00 bits per heavy atom. The second kappa shape index (κ2) is 7.37. The van der Waals surface area contributed by atoms with Crippen LogP contribution in [0.2, 0.25) is 5.02 Å². The lowest BCUT2D eigenvalue weighted by Gasteiger charge is -2.18. The van der Waals surface area contributed by atoms with Crippen LogP contribution in [0.1, 0.15) is 24.4 Å². The van der Waals surface area contributed by atoms with Crippen molar-refractivity contribution in [1.82, 2.24) is 10.3 Å². The van der Waals surface area contributed by atoms with E-state index in [1.54, 1.807) is 24.4 Å². The second-order valence-electron chi connectivity index (χ2n) is 6.67. The van der Waals surface area contributed by atoms with E-state index in [-0.39, 0.29) is 6.04 Å². The number of fused-ring (bicyclic) bond motifs is 1. The van der Waals surface area contributed by atoms with Crippen molar-refractivity contribution in [3.63, 3.8) is 0 Å². The monoisotopic (exact) mass is 379 g/mol. The summed E-state index contributed by atoms with van der Waals surface area (Å²) in [5.74, 6) is -1.01. The third kappa shape index (κ3) is 3.93. The number of anilines is 1. The maximum Gasteiger partial charge on any atom is 0.313 e. The molecule has 1 atom stereocenters. The molecule has 2 amide bonds. The van der Waals surface area contributed by atoms with Crippen molar-refractivity contribution in [3.05, 3.63) is 71.4 Å². The van der Waals surface area contributed by atoms with E-state index in [0.29, 0.717) is 22.1 Å². The van der Waals surface area contributed by atoms with Crippen molar-refractivity contribution < 1.29 is 9.59 Å². The Labute approximate surface area is 161 Å². The second-order valence-corrected chi connectivity index (χ2v) is 7.11. The van der Waals surface area contributed by atoms with Crippen LogP contribution >= 0.6 is 11.6 Å². The fourth-order valence-corrected chi connectivity index (χ4v) is 3.29. The first-order valence-corrected chi connectivity index (χ1v) is 9.20. The van der Waals surface area contributed by atoms with E-state index >= 15 is 0 Å². The Balaban J connectivity index is 1.50. The predicted molar refractivity (Wildman–Crippen MR) is 105 cm³/mol. The molecule has 6 heteroatoms. The molecule has 1 aromatic heterocycles. The van der Waals surface area contributed by atoms with Crippen molar-refractivity contribution in [2.75, 3.05) is 5.32 Å². The van der Waals surface area contributed by atoms with E-state index in [2.05, 4.69) is 15.6 Å². The number of halogens is 1. The maximum absolute atomic E-state index is 12.5. The lowest BCUT2D eigenvalue weighted by molar-refractivity contribution is -0.136. The lowest BCUT2D eigenvalue weighted by atomic mass is 10.0. The van der Waals surface area contributed by atoms with Gasteiger partial charge in [0, 0.05) is 16.6 Å². The van der Waals surface area contributed by atoms with Gasteiger partial charge >= 0.3 is 11.8 Å². The zero-order valence-electron chi connectivity index (χ0n) is 14.5. The van der Waals surface area contributed by atoms with E-state index in [9.17, 15) is 9.59 Å². The fraction of sp³-hybridized carbons (Fsp3) is 0.190. The summed E-state index contributed by atoms with van der Waals surface area (Å²) in [6.07, 6.45) is 3.71. The molecule has 0 spiro atoms. The SMILES string of the molecule is O=C(Nc1cccc2cccnc12)C(=O)N[C@@H](c1ccc(Cl)cc1)C1CC1. The first kappa shape index (κ1) is 17.5. The van der Waals surface area contributed by atoms with Gasteiger partial charge in [0.1, 0.15) is 0 Å². The molecule has 0 bridgehead atoms. The van der Waals surface area contributed by atoms with Crippen LogP contribution < -0.4 is 10.6 Å². The largest absolute Gasteiger partial charge is 0.341 e. The molecule has 0 aliphatic heterocycles. The molecule has 1 heterocycles. The van der Waals surface area contributed by atoms with Gasteiger partial charge in [0.05, 0.1) is 17.2 Å². The summed E-state index contributed by atoms with van der Waals surface area (Å²) < 4.78 is 0. The Hall–Kier alpha value is -2.92. The topological polar surface area (TPSA) is 71.1 Å². The minimum Gasteiger partial charge on any atom is -0.341 e. The minimum atomic E-state index is -0.701. The Morgan fingerprint density at radius 2 is 1.74 bits per heavy atom. The van der Waals surface area contributed by atoms with Crippen LogP contribution in [0.3, 0.4) is 0 Å². The van der Waals surface area contributed by atoms with Crippen LogP contribution in [-0.4, -0.2) is 16.8 Å². The number of benzene rings is 2. The number of nitrogens with zero attached hydrogens (tertiary/aromatic N) is 1. The Morgan fingerprint density at radius 3 is 2.48 bits per heavy atom. The third-order valence-corrected chi connectivity index (χ3v) is 4.95. The van der Waals surface area contributed by atoms with Gasteiger partial charge < -0.3 is 10.6 Å². The number of carbonyl (C=O) groups excluding carboxylic acids is 2. The molecule has 27 heavy (non-hydrogen) atoms. The average molecular weight is 380 g/mol. The van der Waals surface area contributed by atoms with Gasteiger partial charge in [-0.1, -0.05) is 41.9 Å². The van der Waals surface area contributed by atoms with E-state index in [0.717, 1.165) is 23.8 Å². The lowest BCUT2D eigenvalue weighted by Crippen LogP contribution is -2.38. The molecule has 1 saturated carbocycles. The molecule has 3 aromatic rings. The first-order valence-electron chi connectivity index (χ1n) is 8.83. The molecule has 2 aromatic carbocycles. The van der Waals surface area contributed by atoms with E-state index in [1.807, 2.05) is 36.4 Å². The summed E-state index contributed by atoms with van der Waals surface area (Å²) >= 11 is 5.95. The number of rotatable bonds is 4. The minimum absolute atomic E-state index is 0.189. The third-order valence-electron chi connectivity index (χ3n) is 4.70. The average Bonchev–Trinajstić information content (AvgIpc) is 3.52. The van der Waals surface area contributed by atoms with Gasteiger partial charge in [-0.15, -0.1) is 0 Å². The van der Waals surface area contributed by atoms with Crippen LogP contribution in [0.25, 0.3) is 10.9 Å². The highest BCUT2D eigenvalue weighted by molar-refractivity contribution is 6.40. The summed E-state index contributed by atoms with van der Waals surface area (Å²) in [5, 5.41) is 7.08. The summed E-state index contributed by atoms with van der Waals surface area (Å²) in [6, 6.07) is 16.4. The van der Waals surface area contributed by atoms with Crippen molar-refractivity contribution >= 4 is 40.0 Å². The summed E-state index contributed by atoms with van der Waals surface area (Å²) in [5.41, 5.74) is 2.12. The van der Waals surface area contributed by atoms with Crippen LogP contribution in [0.15, 0.2) is 60.8 Å². The first-order chi connectivity index (χ1) is 13.1. The van der Waals surface area contributed by atoms with Crippen molar-refractivity contribution in [2.45, 2.75) is 18.9 Å². The number of aromatic nitrogens is 1. The van der Waals surface area contributed by atoms with Gasteiger partial charge in [-0.3, -0.25) is 14.6 Å². The molecule has 0 unspecified atom stereocenters. The molecule has 1 aliphatic rings. The summed E-state index contributed by atoms with van der Waals surface area (Å²) in [6.45, 7) is 0.